The van der Waals surface area contributed by atoms with Crippen molar-refractivity contribution in [3.8, 4) is 0 Å². The molecule has 0 bridgehead atoms. The average Bonchev–Trinajstić information content (AvgIpc) is 0.753. The first kappa shape index (κ1) is 68.4. The van der Waals surface area contributed by atoms with Gasteiger partial charge in [-0.2, -0.15) is 0 Å². The van der Waals surface area contributed by atoms with Crippen molar-refractivity contribution in [2.24, 2.45) is 0 Å². The van der Waals surface area contributed by atoms with Crippen LogP contribution in [0.25, 0.3) is 0 Å². The normalized spacial score (nSPS) is 35.4. The standard InChI is InChI=1S/C80H82O21/c81-61-66(83-41-49-25-9-1-10-26-49)62-58(46-88-74(95-62)53-33-17-5-18-34-53)92-78(61)100-71-68(85-43-51-29-13-3-14-30-51)64-60(48-90-76(97-64)55-37-21-7-22-38-55)94-80(71)101-72-69(86-44-52-31-15-4-16-32-52)65-59(47-89-77(98-65)56-39-23-8-24-40-56)93-79(72)99-70-67(84-42-50-27-11-2-12-28-50)63-57(91-73(70)82)45-87-75(96-63)54-35-19-6-20-36-54/h1-40,57-82H,41-48H2/t57?,58?,59?,60?,61?,62-,63-,64-,65-,66-,67+,68+,69+,70?,71?,72?,73?,74?,75?,76?,77?,78+,79+,80+/m1/s1. The van der Waals surface area contributed by atoms with Crippen molar-refractivity contribution < 1.29 is 100 Å². The van der Waals surface area contributed by atoms with E-state index in [0.29, 0.717) is 0 Å². The third-order valence-corrected chi connectivity index (χ3v) is 19.5. The van der Waals surface area contributed by atoms with Gasteiger partial charge in [0.1, 0.15) is 97.7 Å². The zero-order chi connectivity index (χ0) is 67.9. The van der Waals surface area contributed by atoms with E-state index in [1.807, 2.05) is 243 Å². The van der Waals surface area contributed by atoms with Crippen LogP contribution in [0.2, 0.25) is 0 Å². The lowest BCUT2D eigenvalue weighted by molar-refractivity contribution is -0.439. The second kappa shape index (κ2) is 32.3. The van der Waals surface area contributed by atoms with Gasteiger partial charge in [0.2, 0.25) is 0 Å². The Morgan fingerprint density at radius 3 is 0.832 bits per heavy atom. The largest absolute Gasteiger partial charge is 0.385 e. The lowest BCUT2D eigenvalue weighted by Gasteiger charge is -2.54. The van der Waals surface area contributed by atoms with Gasteiger partial charge in [-0.1, -0.05) is 243 Å². The van der Waals surface area contributed by atoms with Crippen LogP contribution in [0.15, 0.2) is 243 Å². The van der Waals surface area contributed by atoms with E-state index in [9.17, 15) is 10.2 Å². The highest BCUT2D eigenvalue weighted by atomic mass is 16.8. The predicted molar refractivity (Wildman–Crippen MR) is 358 cm³/mol. The minimum Gasteiger partial charge on any atom is -0.385 e. The summed E-state index contributed by atoms with van der Waals surface area (Å²) in [6.07, 6.45) is -26.5. The molecule has 8 aliphatic heterocycles. The van der Waals surface area contributed by atoms with Crippen LogP contribution in [0.3, 0.4) is 0 Å². The van der Waals surface area contributed by atoms with Crippen molar-refractivity contribution in [3.05, 3.63) is 287 Å². The third kappa shape index (κ3) is 15.7. The van der Waals surface area contributed by atoms with Crippen LogP contribution in [0.5, 0.6) is 0 Å². The number of rotatable bonds is 22. The molecule has 8 heterocycles. The van der Waals surface area contributed by atoms with Crippen molar-refractivity contribution in [2.75, 3.05) is 26.4 Å². The van der Waals surface area contributed by atoms with Gasteiger partial charge in [-0.15, -0.1) is 0 Å². The smallest absolute Gasteiger partial charge is 0.187 e. The Kier molecular flexibility index (Phi) is 21.9. The molecule has 16 rings (SSSR count). The van der Waals surface area contributed by atoms with Gasteiger partial charge in [0, 0.05) is 22.3 Å². The van der Waals surface area contributed by atoms with E-state index in [1.54, 1.807) is 0 Å². The Balaban J connectivity index is 0.800. The molecule has 528 valence electrons. The summed E-state index contributed by atoms with van der Waals surface area (Å²) in [5.74, 6) is 0. The van der Waals surface area contributed by atoms with E-state index < -0.39 is 148 Å². The molecule has 0 saturated carbocycles. The van der Waals surface area contributed by atoms with Crippen molar-refractivity contribution in [1.82, 2.24) is 0 Å². The molecule has 0 amide bonds. The zero-order valence-electron chi connectivity index (χ0n) is 55.3. The third-order valence-electron chi connectivity index (χ3n) is 19.5. The monoisotopic (exact) mass is 1380 g/mol. The van der Waals surface area contributed by atoms with Crippen molar-refractivity contribution in [2.45, 2.75) is 174 Å². The maximum absolute atomic E-state index is 13.2. The number of fused-ring (bicyclic) bond motifs is 4. The van der Waals surface area contributed by atoms with E-state index in [-0.39, 0.29) is 52.9 Å². The van der Waals surface area contributed by atoms with Gasteiger partial charge in [-0.25, -0.2) is 0 Å². The van der Waals surface area contributed by atoms with Crippen LogP contribution in [0, 0.1) is 0 Å². The lowest BCUT2D eigenvalue weighted by Crippen LogP contribution is -2.70. The molecule has 21 nitrogen and oxygen atoms in total. The number of aliphatic hydroxyl groups excluding tert-OH is 2. The Morgan fingerprint density at radius 1 is 0.257 bits per heavy atom. The van der Waals surface area contributed by atoms with E-state index in [2.05, 4.69) is 0 Å². The fraction of sp³-hybridized carbons (Fsp3) is 0.400. The number of hydrogen-bond donors (Lipinski definition) is 2. The second-order valence-corrected chi connectivity index (χ2v) is 26.2. The van der Waals surface area contributed by atoms with Crippen LogP contribution in [-0.4, -0.2) is 159 Å². The molecule has 8 aromatic carbocycles. The van der Waals surface area contributed by atoms with Gasteiger partial charge in [0.25, 0.3) is 0 Å². The summed E-state index contributed by atoms with van der Waals surface area (Å²) in [7, 11) is 0. The molecule has 0 spiro atoms. The molecule has 2 N–H and O–H groups in total. The lowest BCUT2D eigenvalue weighted by atomic mass is 9.94. The van der Waals surface area contributed by atoms with Gasteiger partial charge in [0.15, 0.2) is 50.3 Å². The first-order chi connectivity index (χ1) is 49.9. The van der Waals surface area contributed by atoms with Crippen LogP contribution < -0.4 is 0 Å². The summed E-state index contributed by atoms with van der Waals surface area (Å²) in [4.78, 5) is 0. The molecule has 0 radical (unpaired) electrons. The molecular formula is C80H82O21. The van der Waals surface area contributed by atoms with Gasteiger partial charge >= 0.3 is 0 Å². The Bertz CT molecular complexity index is 3810. The Morgan fingerprint density at radius 2 is 0.505 bits per heavy atom. The summed E-state index contributed by atoms with van der Waals surface area (Å²) in [5, 5.41) is 25.7. The summed E-state index contributed by atoms with van der Waals surface area (Å²) >= 11 is 0. The fourth-order valence-corrected chi connectivity index (χ4v) is 14.4. The zero-order valence-corrected chi connectivity index (χ0v) is 55.3. The summed E-state index contributed by atoms with van der Waals surface area (Å²) in [6.45, 7) is 0.446. The van der Waals surface area contributed by atoms with Crippen molar-refractivity contribution >= 4 is 0 Å². The van der Waals surface area contributed by atoms with E-state index in [0.717, 1.165) is 44.5 Å². The van der Waals surface area contributed by atoms with E-state index in [4.69, 9.17) is 90.0 Å². The minimum absolute atomic E-state index is 0.00217. The first-order valence-corrected chi connectivity index (χ1v) is 34.7. The summed E-state index contributed by atoms with van der Waals surface area (Å²) in [5.41, 5.74) is 6.48. The number of hydrogen-bond acceptors (Lipinski definition) is 21. The molecular weight excluding hydrogens is 1300 g/mol. The first-order valence-electron chi connectivity index (χ1n) is 34.7. The van der Waals surface area contributed by atoms with Crippen LogP contribution in [-0.2, 0) is 116 Å². The van der Waals surface area contributed by atoms with Gasteiger partial charge in [-0.3, -0.25) is 0 Å². The van der Waals surface area contributed by atoms with E-state index in [1.165, 1.54) is 0 Å². The molecule has 21 heteroatoms. The Hall–Kier alpha value is -7.08. The van der Waals surface area contributed by atoms with Crippen molar-refractivity contribution in [3.63, 3.8) is 0 Å². The predicted octanol–water partition coefficient (Wildman–Crippen LogP) is 10.2. The maximum Gasteiger partial charge on any atom is 0.187 e. The quantitative estimate of drug-likeness (QED) is 0.0645. The molecule has 8 aliphatic rings. The van der Waals surface area contributed by atoms with Gasteiger partial charge in [-0.05, 0) is 22.3 Å². The molecule has 0 aliphatic carbocycles. The number of ether oxygens (including phenoxy) is 19. The van der Waals surface area contributed by atoms with Crippen LogP contribution in [0.4, 0.5) is 0 Å². The molecule has 24 atom stereocenters. The maximum atomic E-state index is 13.2. The summed E-state index contributed by atoms with van der Waals surface area (Å²) in [6, 6.07) is 77.2. The number of aliphatic hydroxyl groups is 2. The Labute approximate surface area is 585 Å². The molecule has 8 saturated heterocycles. The molecule has 8 aromatic rings. The molecule has 8 fully saturated rings. The summed E-state index contributed by atoms with van der Waals surface area (Å²) < 4.78 is 132. The number of benzene rings is 8. The highest BCUT2D eigenvalue weighted by Gasteiger charge is 2.61. The minimum atomic E-state index is -1.65. The molecule has 0 aromatic heterocycles. The van der Waals surface area contributed by atoms with Gasteiger partial charge in [0.05, 0.1) is 52.9 Å². The van der Waals surface area contributed by atoms with Gasteiger partial charge < -0.3 is 100 Å². The van der Waals surface area contributed by atoms with Crippen LogP contribution >= 0.6 is 0 Å². The molecule has 101 heavy (non-hydrogen) atoms. The topological polar surface area (TPSA) is 216 Å². The molecule has 13 unspecified atom stereocenters. The van der Waals surface area contributed by atoms with Crippen molar-refractivity contribution in [1.29, 1.82) is 0 Å². The second-order valence-electron chi connectivity index (χ2n) is 26.2. The van der Waals surface area contributed by atoms with E-state index >= 15 is 0 Å². The SMILES string of the molecule is OC1OC2COC(c3ccccc3)O[C@H]2[C@H](OCc2ccccc2)C1O[C@@H]1OC2COC(c3ccccc3)O[C@H]2[C@H](OCc2ccccc2)C1O[C@@H]1OC2COC(c3ccccc3)O[C@H]2[C@H](OCc2ccccc2)C1O[C@@H]1OC2COC(c3ccccc3)O[C@H]2[C@H](OCc2ccccc2)C1O. The highest BCUT2D eigenvalue weighted by Crippen LogP contribution is 2.46. The van der Waals surface area contributed by atoms with Crippen LogP contribution in [0.1, 0.15) is 69.7 Å². The average molecular weight is 1380 g/mol. The highest BCUT2D eigenvalue weighted by molar-refractivity contribution is 5.23. The fourth-order valence-electron chi connectivity index (χ4n) is 14.4.